The Morgan fingerprint density at radius 2 is 1.97 bits per heavy atom. The molecule has 1 aliphatic heterocycles. The Kier molecular flexibility index (Phi) is 4.89. The Morgan fingerprint density at radius 1 is 1.17 bits per heavy atom. The summed E-state index contributed by atoms with van der Waals surface area (Å²) in [5.74, 6) is 0.259. The molecule has 0 aliphatic carbocycles. The highest BCUT2D eigenvalue weighted by Gasteiger charge is 2.48. The lowest BCUT2D eigenvalue weighted by Crippen LogP contribution is -2.41. The van der Waals surface area contributed by atoms with Gasteiger partial charge in [-0.3, -0.25) is 9.69 Å². The normalized spacial score (nSPS) is 18.8. The first-order valence-electron chi connectivity index (χ1n) is 8.84. The number of hydrogen-bond donors (Lipinski definition) is 1. The minimum absolute atomic E-state index is 0.121. The Labute approximate surface area is 171 Å². The molecule has 2 aromatic carbocycles. The average Bonchev–Trinajstić information content (AvgIpc) is 3.33. The van der Waals surface area contributed by atoms with Gasteiger partial charge in [0.1, 0.15) is 24.2 Å². The SMILES string of the molecule is CC1(c2cccc(-n3cnnn3)c2)NC(=O)N(CCOc2ccc(Cl)cc2)C1=O. The zero-order chi connectivity index (χ0) is 20.4. The van der Waals surface area contributed by atoms with Gasteiger partial charge in [0.2, 0.25) is 0 Å². The van der Waals surface area contributed by atoms with Crippen LogP contribution in [0.25, 0.3) is 5.69 Å². The minimum Gasteiger partial charge on any atom is -0.492 e. The molecular formula is C19H17ClN6O3. The second-order valence-corrected chi connectivity index (χ2v) is 7.06. The maximum atomic E-state index is 13.0. The molecule has 10 heteroatoms. The van der Waals surface area contributed by atoms with Crippen LogP contribution in [0.3, 0.4) is 0 Å². The quantitative estimate of drug-likeness (QED) is 0.622. The molecule has 29 heavy (non-hydrogen) atoms. The van der Waals surface area contributed by atoms with Crippen molar-refractivity contribution in [3.63, 3.8) is 0 Å². The number of nitrogens with zero attached hydrogens (tertiary/aromatic N) is 5. The molecule has 1 aromatic heterocycles. The number of rotatable bonds is 6. The topological polar surface area (TPSA) is 102 Å². The van der Waals surface area contributed by atoms with Crippen LogP contribution >= 0.6 is 11.6 Å². The smallest absolute Gasteiger partial charge is 0.325 e. The lowest BCUT2D eigenvalue weighted by Gasteiger charge is -2.22. The van der Waals surface area contributed by atoms with Crippen LogP contribution in [0, 0.1) is 0 Å². The van der Waals surface area contributed by atoms with E-state index in [4.69, 9.17) is 16.3 Å². The number of benzene rings is 2. The first-order chi connectivity index (χ1) is 14.0. The number of carbonyl (C=O) groups is 2. The van der Waals surface area contributed by atoms with Crippen molar-refractivity contribution in [2.24, 2.45) is 0 Å². The molecule has 1 aliphatic rings. The number of imide groups is 1. The van der Waals surface area contributed by atoms with Crippen LogP contribution in [0.4, 0.5) is 4.79 Å². The number of amides is 3. The molecule has 2 heterocycles. The number of halogens is 1. The third-order valence-electron chi connectivity index (χ3n) is 4.71. The van der Waals surface area contributed by atoms with Crippen LogP contribution in [-0.2, 0) is 10.3 Å². The summed E-state index contributed by atoms with van der Waals surface area (Å²) in [7, 11) is 0. The number of aromatic nitrogens is 4. The van der Waals surface area contributed by atoms with E-state index in [1.807, 2.05) is 6.07 Å². The van der Waals surface area contributed by atoms with Crippen LogP contribution in [0.1, 0.15) is 12.5 Å². The number of urea groups is 1. The van der Waals surface area contributed by atoms with Gasteiger partial charge in [-0.25, -0.2) is 9.48 Å². The molecule has 1 saturated heterocycles. The number of nitrogens with one attached hydrogen (secondary N) is 1. The maximum absolute atomic E-state index is 13.0. The van der Waals surface area contributed by atoms with Gasteiger partial charge in [0.25, 0.3) is 5.91 Å². The van der Waals surface area contributed by atoms with Crippen LogP contribution < -0.4 is 10.1 Å². The van der Waals surface area contributed by atoms with Crippen molar-refractivity contribution in [1.82, 2.24) is 30.4 Å². The Hall–Kier alpha value is -3.46. The summed E-state index contributed by atoms with van der Waals surface area (Å²) in [5, 5.41) is 14.5. The van der Waals surface area contributed by atoms with Crippen LogP contribution in [0.5, 0.6) is 5.75 Å². The summed E-state index contributed by atoms with van der Waals surface area (Å²) < 4.78 is 7.08. The highest BCUT2D eigenvalue weighted by atomic mass is 35.5. The largest absolute Gasteiger partial charge is 0.492 e. The first-order valence-corrected chi connectivity index (χ1v) is 9.21. The van der Waals surface area contributed by atoms with E-state index in [-0.39, 0.29) is 19.1 Å². The van der Waals surface area contributed by atoms with Crippen LogP contribution in [-0.4, -0.2) is 50.2 Å². The highest BCUT2D eigenvalue weighted by Crippen LogP contribution is 2.30. The van der Waals surface area contributed by atoms with E-state index in [2.05, 4.69) is 20.8 Å². The molecule has 9 nitrogen and oxygen atoms in total. The molecule has 3 amide bonds. The van der Waals surface area contributed by atoms with E-state index in [0.717, 1.165) is 4.90 Å². The lowest BCUT2D eigenvalue weighted by atomic mass is 9.91. The van der Waals surface area contributed by atoms with Crippen molar-refractivity contribution in [1.29, 1.82) is 0 Å². The lowest BCUT2D eigenvalue weighted by molar-refractivity contribution is -0.131. The molecular weight excluding hydrogens is 396 g/mol. The monoisotopic (exact) mass is 412 g/mol. The average molecular weight is 413 g/mol. The molecule has 1 fully saturated rings. The number of hydrogen-bond acceptors (Lipinski definition) is 6. The molecule has 4 rings (SSSR count). The van der Waals surface area contributed by atoms with Gasteiger partial charge < -0.3 is 10.1 Å². The fourth-order valence-electron chi connectivity index (χ4n) is 3.12. The van der Waals surface area contributed by atoms with Crippen LogP contribution in [0.15, 0.2) is 54.9 Å². The van der Waals surface area contributed by atoms with E-state index in [1.54, 1.807) is 49.4 Å². The van der Waals surface area contributed by atoms with Crippen molar-refractivity contribution >= 4 is 23.5 Å². The summed E-state index contributed by atoms with van der Waals surface area (Å²) in [6.45, 7) is 1.96. The molecule has 1 atom stereocenters. The second-order valence-electron chi connectivity index (χ2n) is 6.62. The Morgan fingerprint density at radius 3 is 2.69 bits per heavy atom. The van der Waals surface area contributed by atoms with Gasteiger partial charge in [-0.05, 0) is 59.3 Å². The predicted octanol–water partition coefficient (Wildman–Crippen LogP) is 2.16. The van der Waals surface area contributed by atoms with Gasteiger partial charge in [-0.1, -0.05) is 23.7 Å². The summed E-state index contributed by atoms with van der Waals surface area (Å²) in [6, 6.07) is 13.5. The van der Waals surface area contributed by atoms with E-state index < -0.39 is 11.6 Å². The highest BCUT2D eigenvalue weighted by molar-refractivity contribution is 6.30. The predicted molar refractivity (Wildman–Crippen MR) is 104 cm³/mol. The standard InChI is InChI=1S/C19H17ClN6O3/c1-19(13-3-2-4-15(11-13)26-12-21-23-24-26)17(27)25(18(28)22-19)9-10-29-16-7-5-14(20)6-8-16/h2-8,11-12H,9-10H2,1H3,(H,22,28). The van der Waals surface area contributed by atoms with Crippen molar-refractivity contribution < 1.29 is 14.3 Å². The minimum atomic E-state index is -1.19. The molecule has 0 saturated carbocycles. The molecule has 148 valence electrons. The van der Waals surface area contributed by atoms with E-state index in [9.17, 15) is 9.59 Å². The summed E-state index contributed by atoms with van der Waals surface area (Å²) in [6.07, 6.45) is 1.46. The van der Waals surface area contributed by atoms with E-state index in [1.165, 1.54) is 11.0 Å². The fourth-order valence-corrected chi connectivity index (χ4v) is 3.25. The molecule has 3 aromatic rings. The molecule has 0 bridgehead atoms. The van der Waals surface area contributed by atoms with Crippen LogP contribution in [0.2, 0.25) is 5.02 Å². The zero-order valence-electron chi connectivity index (χ0n) is 15.4. The third kappa shape index (κ3) is 3.64. The molecule has 0 spiro atoms. The first kappa shape index (κ1) is 18.9. The van der Waals surface area contributed by atoms with Crippen molar-refractivity contribution in [2.75, 3.05) is 13.2 Å². The summed E-state index contributed by atoms with van der Waals surface area (Å²) in [5.41, 5.74) is 0.117. The van der Waals surface area contributed by atoms with Gasteiger partial charge in [0, 0.05) is 5.02 Å². The fraction of sp³-hybridized carbons (Fsp3) is 0.211. The summed E-state index contributed by atoms with van der Waals surface area (Å²) in [4.78, 5) is 26.7. The summed E-state index contributed by atoms with van der Waals surface area (Å²) >= 11 is 5.85. The van der Waals surface area contributed by atoms with Gasteiger partial charge in [-0.15, -0.1) is 5.10 Å². The van der Waals surface area contributed by atoms with Gasteiger partial charge in [-0.2, -0.15) is 0 Å². The van der Waals surface area contributed by atoms with Gasteiger partial charge in [0.05, 0.1) is 12.2 Å². The molecule has 1 N–H and O–H groups in total. The third-order valence-corrected chi connectivity index (χ3v) is 4.96. The van der Waals surface area contributed by atoms with Gasteiger partial charge in [0.15, 0.2) is 0 Å². The van der Waals surface area contributed by atoms with Gasteiger partial charge >= 0.3 is 6.03 Å². The van der Waals surface area contributed by atoms with E-state index >= 15 is 0 Å². The number of tetrazole rings is 1. The maximum Gasteiger partial charge on any atom is 0.325 e. The Bertz CT molecular complexity index is 1040. The van der Waals surface area contributed by atoms with E-state index in [0.29, 0.717) is 22.0 Å². The van der Waals surface area contributed by atoms with Crippen molar-refractivity contribution in [3.8, 4) is 11.4 Å². The Balaban J connectivity index is 1.48. The van der Waals surface area contributed by atoms with Crippen molar-refractivity contribution in [2.45, 2.75) is 12.5 Å². The van der Waals surface area contributed by atoms with Crippen molar-refractivity contribution in [3.05, 3.63) is 65.4 Å². The zero-order valence-corrected chi connectivity index (χ0v) is 16.2. The molecule has 1 unspecified atom stereocenters. The molecule has 0 radical (unpaired) electrons. The number of carbonyl (C=O) groups excluding carboxylic acids is 2. The number of ether oxygens (including phenoxy) is 1. The second kappa shape index (κ2) is 7.51.